The van der Waals surface area contributed by atoms with Gasteiger partial charge in [-0.3, -0.25) is 19.0 Å². The number of halogens is 4. The number of amides is 3. The molecular weight excluding hydrogens is 681 g/mol. The predicted octanol–water partition coefficient (Wildman–Crippen LogP) is 6.77. The second-order valence-electron chi connectivity index (χ2n) is 11.4. The smallest absolute Gasteiger partial charge is 0.407 e. The van der Waals surface area contributed by atoms with Crippen LogP contribution >= 0.6 is 23.2 Å². The quantitative estimate of drug-likeness (QED) is 0.133. The van der Waals surface area contributed by atoms with E-state index < -0.39 is 11.7 Å². The van der Waals surface area contributed by atoms with E-state index in [4.69, 9.17) is 33.7 Å². The summed E-state index contributed by atoms with van der Waals surface area (Å²) in [5.74, 6) is -0.659. The molecule has 0 unspecified atom stereocenters. The molecule has 12 nitrogen and oxygen atoms in total. The molecule has 0 aliphatic carbocycles. The van der Waals surface area contributed by atoms with Crippen LogP contribution in [0.5, 0.6) is 0 Å². The predicted molar refractivity (Wildman–Crippen MR) is 185 cm³/mol. The molecule has 0 atom stereocenters. The number of ether oxygens (including phenoxy) is 1. The van der Waals surface area contributed by atoms with Crippen LogP contribution in [0.2, 0.25) is 10.0 Å². The molecule has 0 fully saturated rings. The molecule has 4 rings (SSSR count). The molecule has 16 heteroatoms. The van der Waals surface area contributed by atoms with Crippen LogP contribution in [0.4, 0.5) is 25.0 Å². The molecule has 5 N–H and O–H groups in total. The summed E-state index contributed by atoms with van der Waals surface area (Å²) < 4.78 is 33.5. The van der Waals surface area contributed by atoms with Crippen molar-refractivity contribution >= 4 is 52.5 Å². The number of benzene rings is 2. The second-order valence-corrected chi connectivity index (χ2v) is 12.2. The number of aromatic nitrogens is 4. The first kappa shape index (κ1) is 38.4. The van der Waals surface area contributed by atoms with Gasteiger partial charge < -0.3 is 26.4 Å². The lowest BCUT2D eigenvalue weighted by molar-refractivity contribution is 0.0531. The fourth-order valence-corrected chi connectivity index (χ4v) is 4.05. The Morgan fingerprint density at radius 1 is 0.796 bits per heavy atom. The average Bonchev–Trinajstić information content (AvgIpc) is 3.74. The summed E-state index contributed by atoms with van der Waals surface area (Å²) in [6.45, 7) is 5.54. The highest BCUT2D eigenvalue weighted by atomic mass is 35.5. The van der Waals surface area contributed by atoms with Crippen LogP contribution < -0.4 is 21.7 Å². The zero-order chi connectivity index (χ0) is 36.0. The minimum absolute atomic E-state index is 0.0441. The molecule has 2 heterocycles. The third-order valence-electron chi connectivity index (χ3n) is 6.15. The number of nitrogens with two attached hydrogens (primary N) is 1. The summed E-state index contributed by atoms with van der Waals surface area (Å²) in [6.07, 6.45) is 6.02. The zero-order valence-corrected chi connectivity index (χ0v) is 28.4. The van der Waals surface area contributed by atoms with E-state index in [0.717, 1.165) is 0 Å². The molecule has 49 heavy (non-hydrogen) atoms. The molecule has 0 aliphatic heterocycles. The Labute approximate surface area is 291 Å². The van der Waals surface area contributed by atoms with Crippen LogP contribution in [0.3, 0.4) is 0 Å². The van der Waals surface area contributed by atoms with E-state index in [2.05, 4.69) is 26.1 Å². The normalized spacial score (nSPS) is 11.7. The zero-order valence-electron chi connectivity index (χ0n) is 26.9. The van der Waals surface area contributed by atoms with Gasteiger partial charge in [-0.1, -0.05) is 23.2 Å². The molecule has 2 aromatic carbocycles. The SMILES string of the molecule is CC(C)(C)OC(=O)NC/C(=C\F)Cn1cc(C(=O)Nc2ccc(Cl)cc2)cn1.NC/C(=C\F)Cn1cc(C(=O)Nc2ccc(Cl)cc2)cn1. The minimum atomic E-state index is -0.643. The Hall–Kier alpha value is -5.05. The first-order valence-electron chi connectivity index (χ1n) is 14.7. The fraction of sp³-hybridized carbons (Fsp3) is 0.242. The average molecular weight is 718 g/mol. The largest absolute Gasteiger partial charge is 0.444 e. The topological polar surface area (TPSA) is 158 Å². The number of anilines is 2. The maximum absolute atomic E-state index is 13.1. The maximum atomic E-state index is 13.1. The Balaban J connectivity index is 0.000000276. The monoisotopic (exact) mass is 716 g/mol. The molecule has 0 spiro atoms. The van der Waals surface area contributed by atoms with Gasteiger partial charge in [-0.25, -0.2) is 13.6 Å². The Morgan fingerprint density at radius 3 is 1.61 bits per heavy atom. The molecule has 0 radical (unpaired) electrons. The van der Waals surface area contributed by atoms with Crippen molar-refractivity contribution in [2.75, 3.05) is 23.7 Å². The van der Waals surface area contributed by atoms with Crippen molar-refractivity contribution in [3.63, 3.8) is 0 Å². The minimum Gasteiger partial charge on any atom is -0.444 e. The van der Waals surface area contributed by atoms with E-state index in [9.17, 15) is 23.2 Å². The lowest BCUT2D eigenvalue weighted by atomic mass is 10.2. The summed E-state index contributed by atoms with van der Waals surface area (Å²) in [5, 5.41) is 17.1. The number of hydrogen-bond donors (Lipinski definition) is 4. The summed E-state index contributed by atoms with van der Waals surface area (Å²) in [4.78, 5) is 35.9. The Morgan fingerprint density at radius 2 is 1.22 bits per heavy atom. The third-order valence-corrected chi connectivity index (χ3v) is 6.66. The highest BCUT2D eigenvalue weighted by molar-refractivity contribution is 6.31. The Kier molecular flexibility index (Phi) is 14.5. The van der Waals surface area contributed by atoms with Gasteiger partial charge in [-0.2, -0.15) is 10.2 Å². The number of rotatable bonds is 11. The molecule has 4 aromatic rings. The fourth-order valence-electron chi connectivity index (χ4n) is 3.80. The van der Waals surface area contributed by atoms with Gasteiger partial charge in [0.1, 0.15) is 5.60 Å². The number of hydrogen-bond acceptors (Lipinski definition) is 7. The van der Waals surface area contributed by atoms with E-state index in [1.165, 1.54) is 34.2 Å². The number of carbonyl (C=O) groups excluding carboxylic acids is 3. The van der Waals surface area contributed by atoms with E-state index >= 15 is 0 Å². The van der Waals surface area contributed by atoms with Gasteiger partial charge in [0.25, 0.3) is 11.8 Å². The molecule has 0 saturated carbocycles. The van der Waals surface area contributed by atoms with E-state index in [1.54, 1.807) is 69.3 Å². The summed E-state index contributed by atoms with van der Waals surface area (Å²) in [6, 6.07) is 13.4. The number of nitrogens with one attached hydrogen (secondary N) is 3. The van der Waals surface area contributed by atoms with E-state index in [0.29, 0.717) is 50.8 Å². The summed E-state index contributed by atoms with van der Waals surface area (Å²) in [5.41, 5.74) is 7.29. The van der Waals surface area contributed by atoms with Crippen molar-refractivity contribution in [2.45, 2.75) is 39.5 Å². The van der Waals surface area contributed by atoms with Crippen molar-refractivity contribution < 1.29 is 27.9 Å². The van der Waals surface area contributed by atoms with Crippen LogP contribution in [0.1, 0.15) is 41.5 Å². The standard InChI is InChI=1S/C19H22ClFN4O3.C14H14ClFN4O/c1-19(2,3)28-18(27)22-9-13(8-21)11-25-12-14(10-23-25)17(26)24-16-6-4-15(20)5-7-16;15-12-1-3-13(4-2-12)19-14(21)11-7-18-20(9-11)8-10(5-16)6-17/h4-8,10,12H,9,11H2,1-3H3,(H,22,27)(H,24,26);1-5,7,9H,6,8,17H2,(H,19,21)/b13-8+;10-5+. The van der Waals surface area contributed by atoms with Crippen molar-refractivity contribution in [1.29, 1.82) is 0 Å². The second kappa shape index (κ2) is 18.5. The number of carbonyl (C=O) groups is 3. The maximum Gasteiger partial charge on any atom is 0.407 e. The summed E-state index contributed by atoms with van der Waals surface area (Å²) in [7, 11) is 0. The molecule has 260 valence electrons. The van der Waals surface area contributed by atoms with Crippen LogP contribution in [-0.4, -0.2) is 56.2 Å². The molecule has 0 aliphatic rings. The van der Waals surface area contributed by atoms with Gasteiger partial charge in [0.15, 0.2) is 0 Å². The first-order valence-corrected chi connectivity index (χ1v) is 15.5. The first-order chi connectivity index (χ1) is 23.3. The van der Waals surface area contributed by atoms with Gasteiger partial charge in [0, 0.05) is 46.9 Å². The van der Waals surface area contributed by atoms with Gasteiger partial charge in [-0.15, -0.1) is 0 Å². The lowest BCUT2D eigenvalue weighted by Crippen LogP contribution is -2.34. The molecule has 0 saturated heterocycles. The van der Waals surface area contributed by atoms with Crippen molar-refractivity contribution in [3.05, 3.63) is 118 Å². The number of alkyl carbamates (subject to hydrolysis) is 1. The van der Waals surface area contributed by atoms with E-state index in [-0.39, 0.29) is 43.6 Å². The number of nitrogens with zero attached hydrogens (tertiary/aromatic N) is 4. The summed E-state index contributed by atoms with van der Waals surface area (Å²) >= 11 is 11.6. The van der Waals surface area contributed by atoms with Crippen LogP contribution in [0, 0.1) is 0 Å². The van der Waals surface area contributed by atoms with Crippen molar-refractivity contribution in [2.24, 2.45) is 5.73 Å². The van der Waals surface area contributed by atoms with Crippen LogP contribution in [0.15, 0.2) is 97.1 Å². The van der Waals surface area contributed by atoms with Gasteiger partial charge >= 0.3 is 6.09 Å². The van der Waals surface area contributed by atoms with Crippen LogP contribution in [0.25, 0.3) is 0 Å². The highest BCUT2D eigenvalue weighted by Crippen LogP contribution is 2.16. The highest BCUT2D eigenvalue weighted by Gasteiger charge is 2.17. The molecule has 0 bridgehead atoms. The molecular formula is C33H36Cl2F2N8O4. The van der Waals surface area contributed by atoms with Gasteiger partial charge in [-0.05, 0) is 80.4 Å². The molecule has 3 amide bonds. The third kappa shape index (κ3) is 13.5. The van der Waals surface area contributed by atoms with Gasteiger partial charge in [0.2, 0.25) is 0 Å². The lowest BCUT2D eigenvalue weighted by Gasteiger charge is -2.20. The Bertz CT molecular complexity index is 1770. The molecule has 2 aromatic heterocycles. The van der Waals surface area contributed by atoms with E-state index in [1.807, 2.05) is 0 Å². The van der Waals surface area contributed by atoms with Crippen molar-refractivity contribution in [3.8, 4) is 0 Å². The van der Waals surface area contributed by atoms with Crippen LogP contribution in [-0.2, 0) is 17.8 Å². The van der Waals surface area contributed by atoms with Crippen molar-refractivity contribution in [1.82, 2.24) is 24.9 Å². The van der Waals surface area contributed by atoms with Gasteiger partial charge in [0.05, 0.1) is 49.3 Å².